The molecule has 1 saturated heterocycles. The van der Waals surface area contributed by atoms with E-state index in [1.165, 1.54) is 0 Å². The maximum absolute atomic E-state index is 12.1. The molecule has 1 aliphatic rings. The van der Waals surface area contributed by atoms with Crippen molar-refractivity contribution in [2.24, 2.45) is 0 Å². The number of carbonyl (C=O) groups is 1. The quantitative estimate of drug-likeness (QED) is 0.878. The average molecular weight is 265 g/mol. The molecule has 96 valence electrons. The van der Waals surface area contributed by atoms with Crippen molar-refractivity contribution in [2.75, 3.05) is 13.1 Å². The molecule has 0 spiro atoms. The minimum atomic E-state index is -0.732. The maximum Gasteiger partial charge on any atom is 0.228 e. The van der Waals surface area contributed by atoms with Gasteiger partial charge in [0.15, 0.2) is 4.96 Å². The number of thiazole rings is 1. The molecule has 1 aliphatic heterocycles. The molecule has 1 fully saturated rings. The Morgan fingerprint density at radius 1 is 1.67 bits per heavy atom. The van der Waals surface area contributed by atoms with Crippen molar-refractivity contribution >= 4 is 22.2 Å². The Balaban J connectivity index is 1.69. The molecule has 1 unspecified atom stereocenters. The molecule has 1 atom stereocenters. The van der Waals surface area contributed by atoms with E-state index in [1.807, 2.05) is 22.2 Å². The van der Waals surface area contributed by atoms with Crippen LogP contribution in [0.3, 0.4) is 0 Å². The molecule has 0 aromatic carbocycles. The van der Waals surface area contributed by atoms with Crippen molar-refractivity contribution in [3.63, 3.8) is 0 Å². The van der Waals surface area contributed by atoms with E-state index < -0.39 is 5.60 Å². The Morgan fingerprint density at radius 3 is 3.17 bits per heavy atom. The highest BCUT2D eigenvalue weighted by molar-refractivity contribution is 7.15. The van der Waals surface area contributed by atoms with Crippen molar-refractivity contribution in [3.05, 3.63) is 23.5 Å². The van der Waals surface area contributed by atoms with Crippen LogP contribution in [0.25, 0.3) is 4.96 Å². The molecular weight excluding hydrogens is 250 g/mol. The smallest absolute Gasteiger partial charge is 0.228 e. The van der Waals surface area contributed by atoms with Gasteiger partial charge in [0.25, 0.3) is 0 Å². The summed E-state index contributed by atoms with van der Waals surface area (Å²) in [6.45, 7) is 2.83. The van der Waals surface area contributed by atoms with Gasteiger partial charge in [-0.2, -0.15) is 0 Å². The monoisotopic (exact) mass is 265 g/mol. The average Bonchev–Trinajstić information content (AvgIpc) is 2.91. The highest BCUT2D eigenvalue weighted by Gasteiger charge is 2.33. The first-order chi connectivity index (χ1) is 8.53. The second-order valence-electron chi connectivity index (χ2n) is 5.06. The maximum atomic E-state index is 12.1. The van der Waals surface area contributed by atoms with Gasteiger partial charge in [0, 0.05) is 30.9 Å². The Hall–Kier alpha value is -1.40. The number of hydrogen-bond donors (Lipinski definition) is 1. The number of imidazole rings is 1. The molecule has 3 rings (SSSR count). The lowest BCUT2D eigenvalue weighted by Crippen LogP contribution is -2.34. The van der Waals surface area contributed by atoms with Gasteiger partial charge in [-0.1, -0.05) is 0 Å². The van der Waals surface area contributed by atoms with Gasteiger partial charge in [0.1, 0.15) is 0 Å². The summed E-state index contributed by atoms with van der Waals surface area (Å²) < 4.78 is 1.92. The molecule has 1 N–H and O–H groups in total. The molecule has 18 heavy (non-hydrogen) atoms. The lowest BCUT2D eigenvalue weighted by atomic mass is 10.1. The number of nitrogens with zero attached hydrogens (tertiary/aromatic N) is 3. The zero-order valence-electron chi connectivity index (χ0n) is 10.2. The predicted molar refractivity (Wildman–Crippen MR) is 68.6 cm³/mol. The van der Waals surface area contributed by atoms with Crippen LogP contribution in [0.5, 0.6) is 0 Å². The number of fused-ring (bicyclic) bond motifs is 1. The van der Waals surface area contributed by atoms with E-state index in [-0.39, 0.29) is 5.91 Å². The van der Waals surface area contributed by atoms with Crippen LogP contribution < -0.4 is 0 Å². The zero-order valence-corrected chi connectivity index (χ0v) is 11.0. The first kappa shape index (κ1) is 11.7. The number of aromatic nitrogens is 2. The first-order valence-electron chi connectivity index (χ1n) is 5.95. The minimum absolute atomic E-state index is 0.0403. The fourth-order valence-corrected chi connectivity index (χ4v) is 3.00. The van der Waals surface area contributed by atoms with Crippen molar-refractivity contribution < 1.29 is 9.90 Å². The summed E-state index contributed by atoms with van der Waals surface area (Å²) in [5.41, 5.74) is 0.0582. The Labute approximate surface area is 109 Å². The van der Waals surface area contributed by atoms with E-state index in [0.29, 0.717) is 25.9 Å². The summed E-state index contributed by atoms with van der Waals surface area (Å²) in [4.78, 5) is 19.1. The molecule has 2 aromatic heterocycles. The van der Waals surface area contributed by atoms with Crippen LogP contribution in [0.15, 0.2) is 17.8 Å². The molecule has 5 nitrogen and oxygen atoms in total. The van der Waals surface area contributed by atoms with Crippen LogP contribution >= 0.6 is 11.3 Å². The van der Waals surface area contributed by atoms with Crippen LogP contribution in [0.2, 0.25) is 0 Å². The van der Waals surface area contributed by atoms with Crippen LogP contribution in [0.1, 0.15) is 19.0 Å². The number of amides is 1. The summed E-state index contributed by atoms with van der Waals surface area (Å²) in [6.07, 6.45) is 4.78. The standard InChI is InChI=1S/C12H15N3O2S/c1-12(17)2-3-15(8-12)10(16)6-9-7-14-4-5-18-11(14)13-9/h4-5,7,17H,2-3,6,8H2,1H3. The molecule has 6 heteroatoms. The van der Waals surface area contributed by atoms with E-state index in [1.54, 1.807) is 23.2 Å². The highest BCUT2D eigenvalue weighted by atomic mass is 32.1. The third-order valence-corrected chi connectivity index (χ3v) is 4.05. The SMILES string of the molecule is CC1(O)CCN(C(=O)Cc2cn3ccsc3n2)C1. The van der Waals surface area contributed by atoms with Gasteiger partial charge < -0.3 is 10.0 Å². The van der Waals surface area contributed by atoms with Crippen LogP contribution in [0, 0.1) is 0 Å². The highest BCUT2D eigenvalue weighted by Crippen LogP contribution is 2.21. The van der Waals surface area contributed by atoms with Gasteiger partial charge in [-0.05, 0) is 13.3 Å². The molecule has 3 heterocycles. The predicted octanol–water partition coefficient (Wildman–Crippen LogP) is 0.922. The van der Waals surface area contributed by atoms with Gasteiger partial charge in [0.2, 0.25) is 5.91 Å². The van der Waals surface area contributed by atoms with E-state index in [2.05, 4.69) is 4.98 Å². The molecular formula is C12H15N3O2S. The fraction of sp³-hybridized carbons (Fsp3) is 0.500. The molecule has 0 bridgehead atoms. The lowest BCUT2D eigenvalue weighted by Gasteiger charge is -2.18. The van der Waals surface area contributed by atoms with E-state index in [0.717, 1.165) is 10.7 Å². The summed E-state index contributed by atoms with van der Waals surface area (Å²) in [7, 11) is 0. The minimum Gasteiger partial charge on any atom is -0.388 e. The lowest BCUT2D eigenvalue weighted by molar-refractivity contribution is -0.130. The number of carbonyl (C=O) groups excluding carboxylic acids is 1. The van der Waals surface area contributed by atoms with Crippen LogP contribution in [-0.4, -0.2) is 44.0 Å². The molecule has 2 aromatic rings. The van der Waals surface area contributed by atoms with Crippen molar-refractivity contribution in [3.8, 4) is 0 Å². The normalized spacial score (nSPS) is 24.0. The second kappa shape index (κ2) is 4.07. The van der Waals surface area contributed by atoms with Gasteiger partial charge in [-0.3, -0.25) is 9.20 Å². The number of aliphatic hydroxyl groups is 1. The van der Waals surface area contributed by atoms with Crippen molar-refractivity contribution in [2.45, 2.75) is 25.4 Å². The number of β-amino-alcohol motifs (C(OH)–C–C–N with tert-alkyl or cyclic N) is 1. The topological polar surface area (TPSA) is 57.8 Å². The van der Waals surface area contributed by atoms with E-state index in [9.17, 15) is 9.90 Å². The van der Waals surface area contributed by atoms with Gasteiger partial charge >= 0.3 is 0 Å². The number of rotatable bonds is 2. The third kappa shape index (κ3) is 2.13. The van der Waals surface area contributed by atoms with Crippen LogP contribution in [-0.2, 0) is 11.2 Å². The second-order valence-corrected chi connectivity index (χ2v) is 5.94. The summed E-state index contributed by atoms with van der Waals surface area (Å²) in [5, 5.41) is 11.8. The Bertz CT molecular complexity index is 558. The summed E-state index contributed by atoms with van der Waals surface area (Å²) >= 11 is 1.55. The van der Waals surface area contributed by atoms with Gasteiger partial charge in [0.05, 0.1) is 17.7 Å². The van der Waals surface area contributed by atoms with Gasteiger partial charge in [-0.15, -0.1) is 11.3 Å². The van der Waals surface area contributed by atoms with Crippen molar-refractivity contribution in [1.29, 1.82) is 0 Å². The van der Waals surface area contributed by atoms with Gasteiger partial charge in [-0.25, -0.2) is 4.98 Å². The van der Waals surface area contributed by atoms with Crippen LogP contribution in [0.4, 0.5) is 0 Å². The number of hydrogen-bond acceptors (Lipinski definition) is 4. The first-order valence-corrected chi connectivity index (χ1v) is 6.83. The molecule has 0 aliphatic carbocycles. The Kier molecular flexibility index (Phi) is 2.64. The molecule has 0 radical (unpaired) electrons. The van der Waals surface area contributed by atoms with E-state index >= 15 is 0 Å². The largest absolute Gasteiger partial charge is 0.388 e. The van der Waals surface area contributed by atoms with Crippen molar-refractivity contribution in [1.82, 2.24) is 14.3 Å². The zero-order chi connectivity index (χ0) is 12.8. The number of likely N-dealkylation sites (tertiary alicyclic amines) is 1. The van der Waals surface area contributed by atoms with E-state index in [4.69, 9.17) is 0 Å². The third-order valence-electron chi connectivity index (χ3n) is 3.28. The summed E-state index contributed by atoms with van der Waals surface area (Å²) in [5.74, 6) is 0.0403. The summed E-state index contributed by atoms with van der Waals surface area (Å²) in [6, 6.07) is 0. The molecule has 1 amide bonds. The molecule has 0 saturated carbocycles. The Morgan fingerprint density at radius 2 is 2.50 bits per heavy atom. The fourth-order valence-electron chi connectivity index (χ4n) is 2.29.